The fourth-order valence-electron chi connectivity index (χ4n) is 3.89. The van der Waals surface area contributed by atoms with E-state index in [0.717, 1.165) is 16.6 Å². The number of halogens is 2. The van der Waals surface area contributed by atoms with Crippen LogP contribution < -0.4 is 15.5 Å². The SMILES string of the molecule is C/C(=C(/C=O)C(=O)Nc1ccc(Oc2ccnn3ccc(-c4nccs4)c23)c(F)c1)N(C)Nc1ccc(F)cc1. The standard InChI is InChI=1S/C28H22F2N6O3S/c1-17(35(2)34-19-5-3-18(29)4-6-19)22(16-37)27(38)33-20-7-8-24(23(30)15-20)39-25-9-11-32-36-13-10-21(26(25)36)28-31-12-14-40-28/h3-16,34H,1-2H3,(H,33,38)/b22-17+. The van der Waals surface area contributed by atoms with Crippen molar-refractivity contribution in [3.8, 4) is 22.1 Å². The van der Waals surface area contributed by atoms with Crippen molar-refractivity contribution in [1.82, 2.24) is 19.6 Å². The molecule has 0 aliphatic heterocycles. The Hall–Kier alpha value is -5.10. The molecule has 0 unspecified atom stereocenters. The molecule has 2 aromatic carbocycles. The van der Waals surface area contributed by atoms with Crippen molar-refractivity contribution in [2.45, 2.75) is 6.92 Å². The van der Waals surface area contributed by atoms with Crippen molar-refractivity contribution in [3.63, 3.8) is 0 Å². The van der Waals surface area contributed by atoms with Gasteiger partial charge in [0.15, 0.2) is 23.6 Å². The Balaban J connectivity index is 1.33. The van der Waals surface area contributed by atoms with E-state index in [1.165, 1.54) is 58.9 Å². The molecule has 40 heavy (non-hydrogen) atoms. The van der Waals surface area contributed by atoms with Gasteiger partial charge < -0.3 is 10.1 Å². The molecule has 0 radical (unpaired) electrons. The molecule has 0 aliphatic rings. The summed E-state index contributed by atoms with van der Waals surface area (Å²) in [5.41, 5.74) is 5.17. The number of hydrogen-bond donors (Lipinski definition) is 2. The summed E-state index contributed by atoms with van der Waals surface area (Å²) in [6.07, 6.45) is 5.41. The van der Waals surface area contributed by atoms with Gasteiger partial charge in [-0.25, -0.2) is 18.3 Å². The first-order chi connectivity index (χ1) is 19.3. The van der Waals surface area contributed by atoms with Gasteiger partial charge in [-0.2, -0.15) is 5.10 Å². The Kier molecular flexibility index (Phi) is 7.51. The highest BCUT2D eigenvalue weighted by Gasteiger charge is 2.18. The summed E-state index contributed by atoms with van der Waals surface area (Å²) in [7, 11) is 1.60. The number of hydrogen-bond acceptors (Lipinski definition) is 8. The molecule has 2 N–H and O–H groups in total. The highest BCUT2D eigenvalue weighted by atomic mass is 32.1. The molecule has 3 heterocycles. The van der Waals surface area contributed by atoms with Crippen molar-refractivity contribution in [2.75, 3.05) is 17.8 Å². The lowest BCUT2D eigenvalue weighted by Crippen LogP contribution is -2.28. The summed E-state index contributed by atoms with van der Waals surface area (Å²) in [5.74, 6) is -1.54. The van der Waals surface area contributed by atoms with Crippen LogP contribution in [0.15, 0.2) is 89.8 Å². The Labute approximate surface area is 231 Å². The minimum Gasteiger partial charge on any atom is -0.452 e. The topological polar surface area (TPSA) is 101 Å². The van der Waals surface area contributed by atoms with Crippen LogP contribution in [0.4, 0.5) is 20.2 Å². The van der Waals surface area contributed by atoms with Crippen LogP contribution in [0.3, 0.4) is 0 Å². The summed E-state index contributed by atoms with van der Waals surface area (Å²) >= 11 is 1.46. The van der Waals surface area contributed by atoms with E-state index in [-0.39, 0.29) is 17.0 Å². The molecule has 3 aromatic heterocycles. The first kappa shape index (κ1) is 26.5. The Bertz CT molecular complexity index is 1720. The fraction of sp³-hybridized carbons (Fsp3) is 0.0714. The van der Waals surface area contributed by atoms with Crippen LogP contribution in [0.25, 0.3) is 16.1 Å². The van der Waals surface area contributed by atoms with Crippen molar-refractivity contribution in [1.29, 1.82) is 0 Å². The number of ether oxygens (including phenoxy) is 1. The zero-order valence-corrected chi connectivity index (χ0v) is 22.1. The molecule has 0 bridgehead atoms. The van der Waals surface area contributed by atoms with Crippen LogP contribution >= 0.6 is 11.3 Å². The van der Waals surface area contributed by atoms with Gasteiger partial charge in [0.2, 0.25) is 0 Å². The van der Waals surface area contributed by atoms with Crippen LogP contribution in [0.2, 0.25) is 0 Å². The number of aldehydes is 1. The third kappa shape index (κ3) is 5.52. The zero-order valence-electron chi connectivity index (χ0n) is 21.3. The highest BCUT2D eigenvalue weighted by molar-refractivity contribution is 7.13. The predicted octanol–water partition coefficient (Wildman–Crippen LogP) is 5.90. The number of thiazole rings is 1. The zero-order chi connectivity index (χ0) is 28.2. The average Bonchev–Trinajstić information content (AvgIpc) is 3.62. The molecular weight excluding hydrogens is 538 g/mol. The van der Waals surface area contributed by atoms with Gasteiger partial charge >= 0.3 is 0 Å². The Morgan fingerprint density at radius 1 is 1.05 bits per heavy atom. The smallest absolute Gasteiger partial charge is 0.260 e. The van der Waals surface area contributed by atoms with E-state index in [1.54, 1.807) is 36.9 Å². The summed E-state index contributed by atoms with van der Waals surface area (Å²) in [5, 5.41) is 10.9. The fourth-order valence-corrected chi connectivity index (χ4v) is 4.56. The molecule has 12 heteroatoms. The van der Waals surface area contributed by atoms with Gasteiger partial charge in [0.25, 0.3) is 5.91 Å². The summed E-state index contributed by atoms with van der Waals surface area (Å²) in [4.78, 5) is 29.0. The minimum atomic E-state index is -0.731. The maximum Gasteiger partial charge on any atom is 0.260 e. The van der Waals surface area contributed by atoms with Crippen LogP contribution in [-0.4, -0.2) is 38.8 Å². The summed E-state index contributed by atoms with van der Waals surface area (Å²) in [6, 6.07) is 13.0. The number of benzene rings is 2. The molecule has 202 valence electrons. The summed E-state index contributed by atoms with van der Waals surface area (Å²) in [6.45, 7) is 1.56. The maximum atomic E-state index is 15.1. The van der Waals surface area contributed by atoms with Gasteiger partial charge in [-0.05, 0) is 49.4 Å². The number of allylic oxidation sites excluding steroid dienone is 1. The average molecular weight is 561 g/mol. The minimum absolute atomic E-state index is 0.0667. The third-order valence-electron chi connectivity index (χ3n) is 5.99. The molecule has 5 aromatic rings. The number of hydrazine groups is 1. The first-order valence-corrected chi connectivity index (χ1v) is 12.8. The lowest BCUT2D eigenvalue weighted by atomic mass is 10.2. The molecule has 0 saturated carbocycles. The van der Waals surface area contributed by atoms with Gasteiger partial charge in [0.1, 0.15) is 21.9 Å². The number of anilines is 2. The molecule has 5 rings (SSSR count). The third-order valence-corrected chi connectivity index (χ3v) is 6.79. The number of aromatic nitrogens is 3. The second-order valence-electron chi connectivity index (χ2n) is 8.55. The first-order valence-electron chi connectivity index (χ1n) is 11.9. The second-order valence-corrected chi connectivity index (χ2v) is 9.45. The maximum absolute atomic E-state index is 15.1. The van der Waals surface area contributed by atoms with Gasteiger partial charge in [-0.3, -0.25) is 20.0 Å². The van der Waals surface area contributed by atoms with Crippen LogP contribution in [0, 0.1) is 11.6 Å². The van der Waals surface area contributed by atoms with E-state index < -0.39 is 17.5 Å². The highest BCUT2D eigenvalue weighted by Crippen LogP contribution is 2.36. The van der Waals surface area contributed by atoms with E-state index in [0.29, 0.717) is 28.9 Å². The van der Waals surface area contributed by atoms with E-state index >= 15 is 4.39 Å². The van der Waals surface area contributed by atoms with Crippen molar-refractivity contribution >= 4 is 40.4 Å². The molecule has 9 nitrogen and oxygen atoms in total. The van der Waals surface area contributed by atoms with Crippen LogP contribution in [0.1, 0.15) is 6.92 Å². The van der Waals surface area contributed by atoms with Gasteiger partial charge in [-0.1, -0.05) is 0 Å². The molecule has 0 spiro atoms. The number of nitrogens with one attached hydrogen (secondary N) is 2. The lowest BCUT2D eigenvalue weighted by molar-refractivity contribution is -0.115. The van der Waals surface area contributed by atoms with Crippen LogP contribution in [-0.2, 0) is 9.59 Å². The molecule has 0 fully saturated rings. The Morgan fingerprint density at radius 2 is 1.82 bits per heavy atom. The largest absolute Gasteiger partial charge is 0.452 e. The van der Waals surface area contributed by atoms with Crippen LogP contribution in [0.5, 0.6) is 11.5 Å². The van der Waals surface area contributed by atoms with E-state index in [9.17, 15) is 14.0 Å². The van der Waals surface area contributed by atoms with Crippen molar-refractivity contribution < 1.29 is 23.1 Å². The number of rotatable bonds is 9. The van der Waals surface area contributed by atoms with E-state index in [2.05, 4.69) is 20.8 Å². The van der Waals surface area contributed by atoms with Crippen molar-refractivity contribution in [2.24, 2.45) is 0 Å². The van der Waals surface area contributed by atoms with E-state index in [4.69, 9.17) is 4.74 Å². The number of carbonyl (C=O) groups excluding carboxylic acids is 2. The Morgan fingerprint density at radius 3 is 2.52 bits per heavy atom. The summed E-state index contributed by atoms with van der Waals surface area (Å²) < 4.78 is 35.8. The molecule has 0 saturated heterocycles. The van der Waals surface area contributed by atoms with Gasteiger partial charge in [0, 0.05) is 53.9 Å². The second kappa shape index (κ2) is 11.3. The van der Waals surface area contributed by atoms with Gasteiger partial charge in [0.05, 0.1) is 11.9 Å². The lowest BCUT2D eigenvalue weighted by Gasteiger charge is -2.23. The molecule has 0 aliphatic carbocycles. The normalized spacial score (nSPS) is 11.6. The molecule has 0 atom stereocenters. The molecule has 1 amide bonds. The van der Waals surface area contributed by atoms with Gasteiger partial charge in [-0.15, -0.1) is 11.3 Å². The number of carbonyl (C=O) groups is 2. The molecular formula is C28H22F2N6O3S. The van der Waals surface area contributed by atoms with E-state index in [1.807, 2.05) is 11.4 Å². The predicted molar refractivity (Wildman–Crippen MR) is 148 cm³/mol. The monoisotopic (exact) mass is 560 g/mol. The number of fused-ring (bicyclic) bond motifs is 1. The number of nitrogens with zero attached hydrogens (tertiary/aromatic N) is 4. The number of amides is 1. The van der Waals surface area contributed by atoms with Crippen molar-refractivity contribution in [3.05, 3.63) is 101 Å². The quantitative estimate of drug-likeness (QED) is 0.0761.